The minimum absolute atomic E-state index is 0.0337. The Kier molecular flexibility index (Phi) is 6.22. The number of hydrogen-bond acceptors (Lipinski definition) is 6. The van der Waals surface area contributed by atoms with E-state index in [1.54, 1.807) is 11.8 Å². The summed E-state index contributed by atoms with van der Waals surface area (Å²) in [4.78, 5) is 14.1. The second-order valence-corrected chi connectivity index (χ2v) is 8.66. The highest BCUT2D eigenvalue weighted by atomic mass is 32.2. The summed E-state index contributed by atoms with van der Waals surface area (Å²) in [5.74, 6) is 1.12. The molecule has 27 heavy (non-hydrogen) atoms. The number of aryl methyl sites for hydroxylation is 1. The largest absolute Gasteiger partial charge is 0.421 e. The van der Waals surface area contributed by atoms with Gasteiger partial charge in [-0.05, 0) is 25.5 Å². The zero-order valence-corrected chi connectivity index (χ0v) is 16.2. The van der Waals surface area contributed by atoms with Gasteiger partial charge in [-0.1, -0.05) is 18.2 Å². The lowest BCUT2D eigenvalue weighted by molar-refractivity contribution is -0.132. The molecule has 8 nitrogen and oxygen atoms in total. The molecule has 0 N–H and O–H groups in total. The first kappa shape index (κ1) is 19.5. The summed E-state index contributed by atoms with van der Waals surface area (Å²) in [5.41, 5.74) is 0.868. The Hall–Kier alpha value is -2.26. The van der Waals surface area contributed by atoms with Gasteiger partial charge in [0, 0.05) is 44.6 Å². The number of rotatable bonds is 7. The Morgan fingerprint density at radius 2 is 1.81 bits per heavy atom. The Morgan fingerprint density at radius 1 is 1.11 bits per heavy atom. The van der Waals surface area contributed by atoms with Crippen LogP contribution in [-0.2, 0) is 21.2 Å². The standard InChI is InChI=1S/C18H24N4O4S/c1-2-27(24,25)22-13-11-21(12-14-22)17(23)10-6-9-16-19-20-18(26-16)15-7-4-3-5-8-15/h3-5,7-8H,2,6,9-14H2,1H3. The van der Waals surface area contributed by atoms with E-state index in [1.807, 2.05) is 30.3 Å². The summed E-state index contributed by atoms with van der Waals surface area (Å²) in [6.45, 7) is 3.25. The molecule has 1 aromatic heterocycles. The average molecular weight is 392 g/mol. The molecule has 1 aromatic carbocycles. The number of benzene rings is 1. The molecule has 0 radical (unpaired) electrons. The average Bonchev–Trinajstić information content (AvgIpc) is 3.17. The fourth-order valence-corrected chi connectivity index (χ4v) is 4.08. The summed E-state index contributed by atoms with van der Waals surface area (Å²) in [6.07, 6.45) is 1.53. The van der Waals surface area contributed by atoms with Crippen molar-refractivity contribution in [1.29, 1.82) is 0 Å². The Balaban J connectivity index is 1.44. The molecule has 0 atom stereocenters. The molecule has 9 heteroatoms. The molecule has 2 heterocycles. The van der Waals surface area contributed by atoms with Crippen molar-refractivity contribution in [3.05, 3.63) is 36.2 Å². The number of nitrogens with zero attached hydrogens (tertiary/aromatic N) is 4. The first-order valence-corrected chi connectivity index (χ1v) is 10.7. The van der Waals surface area contributed by atoms with Gasteiger partial charge in [-0.3, -0.25) is 4.79 Å². The molecule has 1 fully saturated rings. The van der Waals surface area contributed by atoms with Gasteiger partial charge in [-0.15, -0.1) is 10.2 Å². The second-order valence-electron chi connectivity index (χ2n) is 6.40. The smallest absolute Gasteiger partial charge is 0.247 e. The third kappa shape index (κ3) is 4.92. The van der Waals surface area contributed by atoms with E-state index in [1.165, 1.54) is 4.31 Å². The van der Waals surface area contributed by atoms with Gasteiger partial charge in [0.2, 0.25) is 27.7 Å². The lowest BCUT2D eigenvalue weighted by Crippen LogP contribution is -2.50. The molecule has 1 saturated heterocycles. The third-order valence-corrected chi connectivity index (χ3v) is 6.50. The zero-order valence-electron chi connectivity index (χ0n) is 15.4. The molecule has 3 rings (SSSR count). The van der Waals surface area contributed by atoms with Crippen molar-refractivity contribution >= 4 is 15.9 Å². The van der Waals surface area contributed by atoms with Crippen LogP contribution in [0.25, 0.3) is 11.5 Å². The normalized spacial score (nSPS) is 15.8. The van der Waals surface area contributed by atoms with E-state index in [4.69, 9.17) is 4.42 Å². The Labute approximate surface area is 159 Å². The maximum atomic E-state index is 12.3. The van der Waals surface area contributed by atoms with Gasteiger partial charge >= 0.3 is 0 Å². The first-order chi connectivity index (χ1) is 13.0. The van der Waals surface area contributed by atoms with Crippen LogP contribution in [0.15, 0.2) is 34.7 Å². The molecule has 1 aliphatic heterocycles. The van der Waals surface area contributed by atoms with Crippen LogP contribution in [0.4, 0.5) is 0 Å². The number of aromatic nitrogens is 2. The minimum atomic E-state index is -3.18. The van der Waals surface area contributed by atoms with E-state index >= 15 is 0 Å². The number of carbonyl (C=O) groups is 1. The number of piperazine rings is 1. The predicted molar refractivity (Wildman–Crippen MR) is 100 cm³/mol. The molecular weight excluding hydrogens is 368 g/mol. The van der Waals surface area contributed by atoms with Crippen LogP contribution in [0.1, 0.15) is 25.7 Å². The van der Waals surface area contributed by atoms with Crippen LogP contribution in [-0.4, -0.2) is 65.7 Å². The van der Waals surface area contributed by atoms with E-state index in [0.717, 1.165) is 5.56 Å². The van der Waals surface area contributed by atoms with E-state index < -0.39 is 10.0 Å². The molecular formula is C18H24N4O4S. The van der Waals surface area contributed by atoms with E-state index in [2.05, 4.69) is 10.2 Å². The highest BCUT2D eigenvalue weighted by Gasteiger charge is 2.27. The first-order valence-electron chi connectivity index (χ1n) is 9.13. The van der Waals surface area contributed by atoms with Crippen LogP contribution < -0.4 is 0 Å². The van der Waals surface area contributed by atoms with Crippen molar-refractivity contribution < 1.29 is 17.6 Å². The van der Waals surface area contributed by atoms with Crippen LogP contribution in [0.5, 0.6) is 0 Å². The van der Waals surface area contributed by atoms with Crippen molar-refractivity contribution in [3.8, 4) is 11.5 Å². The monoisotopic (exact) mass is 392 g/mol. The van der Waals surface area contributed by atoms with Crippen molar-refractivity contribution in [2.24, 2.45) is 0 Å². The molecule has 0 spiro atoms. The molecule has 2 aromatic rings. The van der Waals surface area contributed by atoms with E-state index in [0.29, 0.717) is 57.2 Å². The van der Waals surface area contributed by atoms with Crippen molar-refractivity contribution in [3.63, 3.8) is 0 Å². The lowest BCUT2D eigenvalue weighted by atomic mass is 10.2. The molecule has 0 aliphatic carbocycles. The van der Waals surface area contributed by atoms with Crippen LogP contribution in [0.3, 0.4) is 0 Å². The zero-order chi connectivity index (χ0) is 19.3. The Morgan fingerprint density at radius 3 is 2.48 bits per heavy atom. The summed E-state index contributed by atoms with van der Waals surface area (Å²) in [5, 5.41) is 8.07. The topological polar surface area (TPSA) is 96.6 Å². The van der Waals surface area contributed by atoms with E-state index in [9.17, 15) is 13.2 Å². The number of amides is 1. The molecule has 0 saturated carbocycles. The molecule has 1 aliphatic rings. The van der Waals surface area contributed by atoms with Crippen LogP contribution in [0, 0.1) is 0 Å². The fourth-order valence-electron chi connectivity index (χ4n) is 3.00. The maximum Gasteiger partial charge on any atom is 0.247 e. The van der Waals surface area contributed by atoms with Crippen LogP contribution >= 0.6 is 0 Å². The van der Waals surface area contributed by atoms with Gasteiger partial charge in [-0.2, -0.15) is 4.31 Å². The predicted octanol–water partition coefficient (Wildman–Crippen LogP) is 1.55. The highest BCUT2D eigenvalue weighted by Crippen LogP contribution is 2.18. The van der Waals surface area contributed by atoms with E-state index in [-0.39, 0.29) is 11.7 Å². The van der Waals surface area contributed by atoms with Crippen molar-refractivity contribution in [1.82, 2.24) is 19.4 Å². The second kappa shape index (κ2) is 8.62. The third-order valence-electron chi connectivity index (χ3n) is 4.62. The Bertz CT molecular complexity index is 858. The SMILES string of the molecule is CCS(=O)(=O)N1CCN(C(=O)CCCc2nnc(-c3ccccc3)o2)CC1. The fraction of sp³-hybridized carbons (Fsp3) is 0.500. The summed E-state index contributed by atoms with van der Waals surface area (Å²) < 4.78 is 30.8. The van der Waals surface area contributed by atoms with Gasteiger partial charge in [0.25, 0.3) is 0 Å². The van der Waals surface area contributed by atoms with Crippen LogP contribution in [0.2, 0.25) is 0 Å². The molecule has 0 bridgehead atoms. The molecule has 0 unspecified atom stereocenters. The molecule has 1 amide bonds. The summed E-state index contributed by atoms with van der Waals surface area (Å²) in [6, 6.07) is 9.54. The highest BCUT2D eigenvalue weighted by molar-refractivity contribution is 7.89. The van der Waals surface area contributed by atoms with Gasteiger partial charge in [0.05, 0.1) is 5.75 Å². The summed E-state index contributed by atoms with van der Waals surface area (Å²) in [7, 11) is -3.18. The summed E-state index contributed by atoms with van der Waals surface area (Å²) >= 11 is 0. The van der Waals surface area contributed by atoms with Crippen molar-refractivity contribution in [2.75, 3.05) is 31.9 Å². The quantitative estimate of drug-likeness (QED) is 0.709. The maximum absolute atomic E-state index is 12.3. The van der Waals surface area contributed by atoms with Gasteiger partial charge in [0.15, 0.2) is 0 Å². The van der Waals surface area contributed by atoms with Gasteiger partial charge < -0.3 is 9.32 Å². The van der Waals surface area contributed by atoms with Gasteiger partial charge in [0.1, 0.15) is 0 Å². The van der Waals surface area contributed by atoms with Gasteiger partial charge in [-0.25, -0.2) is 8.42 Å². The number of carbonyl (C=O) groups excluding carboxylic acids is 1. The minimum Gasteiger partial charge on any atom is -0.421 e. The number of sulfonamides is 1. The number of hydrogen-bond donors (Lipinski definition) is 0. The molecule has 146 valence electrons. The van der Waals surface area contributed by atoms with Crippen molar-refractivity contribution in [2.45, 2.75) is 26.2 Å². The lowest BCUT2D eigenvalue weighted by Gasteiger charge is -2.33.